The molecule has 0 bridgehead atoms. The van der Waals surface area contributed by atoms with Crippen molar-refractivity contribution >= 4 is 5.71 Å². The Kier molecular flexibility index (Phi) is 4.88. The lowest BCUT2D eigenvalue weighted by atomic mass is 10.1. The molecule has 1 aromatic carbocycles. The van der Waals surface area contributed by atoms with Crippen molar-refractivity contribution in [3.8, 4) is 0 Å². The zero-order valence-corrected chi connectivity index (χ0v) is 9.73. The second-order valence-electron chi connectivity index (χ2n) is 4.18. The summed E-state index contributed by atoms with van der Waals surface area (Å²) in [4.78, 5) is 5.27. The molecule has 82 valence electrons. The van der Waals surface area contributed by atoms with Crippen molar-refractivity contribution in [2.75, 3.05) is 0 Å². The zero-order valence-electron chi connectivity index (χ0n) is 9.73. The van der Waals surface area contributed by atoms with E-state index in [-0.39, 0.29) is 0 Å². The van der Waals surface area contributed by atoms with Crippen LogP contribution in [-0.2, 0) is 11.4 Å². The van der Waals surface area contributed by atoms with Gasteiger partial charge in [-0.05, 0) is 24.8 Å². The summed E-state index contributed by atoms with van der Waals surface area (Å²) in [6.07, 6.45) is 0.995. The Balaban J connectivity index is 2.32. The molecular formula is C13H19NO. The average molecular weight is 205 g/mol. The standard InChI is InChI=1S/C13H19NO/c1-11(2)9-12(3)14-15-10-13-7-5-4-6-8-13/h4-8,11H,9-10H2,1-3H3/b14-12-. The minimum atomic E-state index is 0.552. The molecule has 0 spiro atoms. The molecule has 0 radical (unpaired) electrons. The van der Waals surface area contributed by atoms with E-state index in [9.17, 15) is 0 Å². The van der Waals surface area contributed by atoms with Crippen LogP contribution in [0.15, 0.2) is 35.5 Å². The number of nitrogens with zero attached hydrogens (tertiary/aromatic N) is 1. The molecule has 0 fully saturated rings. The second-order valence-corrected chi connectivity index (χ2v) is 4.18. The van der Waals surface area contributed by atoms with Crippen molar-refractivity contribution in [3.63, 3.8) is 0 Å². The molecule has 0 aromatic heterocycles. The summed E-state index contributed by atoms with van der Waals surface area (Å²) in [5, 5.41) is 4.08. The molecule has 0 amide bonds. The van der Waals surface area contributed by atoms with Crippen LogP contribution in [0.25, 0.3) is 0 Å². The van der Waals surface area contributed by atoms with Crippen molar-refractivity contribution in [2.24, 2.45) is 11.1 Å². The van der Waals surface area contributed by atoms with Crippen LogP contribution < -0.4 is 0 Å². The van der Waals surface area contributed by atoms with Crippen LogP contribution in [0.2, 0.25) is 0 Å². The third-order valence-corrected chi connectivity index (χ3v) is 2.00. The zero-order chi connectivity index (χ0) is 11.1. The topological polar surface area (TPSA) is 21.6 Å². The lowest BCUT2D eigenvalue weighted by Gasteiger charge is -2.04. The van der Waals surface area contributed by atoms with Gasteiger partial charge in [-0.25, -0.2) is 0 Å². The van der Waals surface area contributed by atoms with Gasteiger partial charge in [0.05, 0.1) is 5.71 Å². The van der Waals surface area contributed by atoms with Gasteiger partial charge in [-0.15, -0.1) is 0 Å². The van der Waals surface area contributed by atoms with Crippen LogP contribution in [-0.4, -0.2) is 5.71 Å². The first kappa shape index (κ1) is 11.8. The molecule has 1 aromatic rings. The normalized spacial score (nSPS) is 11.9. The van der Waals surface area contributed by atoms with E-state index in [1.165, 1.54) is 0 Å². The van der Waals surface area contributed by atoms with Crippen LogP contribution in [0.1, 0.15) is 32.8 Å². The highest BCUT2D eigenvalue weighted by molar-refractivity contribution is 5.81. The SMILES string of the molecule is C/C(CC(C)C)=N/OCc1ccccc1. The van der Waals surface area contributed by atoms with Crippen LogP contribution in [0, 0.1) is 5.92 Å². The van der Waals surface area contributed by atoms with Crippen LogP contribution in [0.5, 0.6) is 0 Å². The Bertz CT molecular complexity index is 304. The monoisotopic (exact) mass is 205 g/mol. The highest BCUT2D eigenvalue weighted by Gasteiger charge is 1.97. The lowest BCUT2D eigenvalue weighted by Crippen LogP contribution is -1.99. The summed E-state index contributed by atoms with van der Waals surface area (Å²) in [5.74, 6) is 0.633. The molecular weight excluding hydrogens is 186 g/mol. The number of hydrogen-bond acceptors (Lipinski definition) is 2. The Labute approximate surface area is 91.9 Å². The van der Waals surface area contributed by atoms with E-state index in [1.54, 1.807) is 0 Å². The van der Waals surface area contributed by atoms with Gasteiger partial charge in [0.15, 0.2) is 0 Å². The molecule has 0 heterocycles. The maximum atomic E-state index is 5.27. The molecule has 0 saturated heterocycles. The Morgan fingerprint density at radius 1 is 1.27 bits per heavy atom. The number of oxime groups is 1. The maximum Gasteiger partial charge on any atom is 0.142 e. The van der Waals surface area contributed by atoms with E-state index in [0.29, 0.717) is 12.5 Å². The van der Waals surface area contributed by atoms with E-state index >= 15 is 0 Å². The van der Waals surface area contributed by atoms with Gasteiger partial charge in [0.1, 0.15) is 6.61 Å². The quantitative estimate of drug-likeness (QED) is 0.531. The molecule has 0 atom stereocenters. The van der Waals surface area contributed by atoms with Crippen LogP contribution in [0.4, 0.5) is 0 Å². The second kappa shape index (κ2) is 6.23. The van der Waals surface area contributed by atoms with Crippen molar-refractivity contribution in [1.29, 1.82) is 0 Å². The Morgan fingerprint density at radius 2 is 1.93 bits per heavy atom. The Hall–Kier alpha value is -1.31. The summed E-state index contributed by atoms with van der Waals surface area (Å²) in [6, 6.07) is 10.1. The number of benzene rings is 1. The minimum Gasteiger partial charge on any atom is -0.391 e. The first-order valence-electron chi connectivity index (χ1n) is 5.38. The fourth-order valence-corrected chi connectivity index (χ4v) is 1.42. The van der Waals surface area contributed by atoms with Gasteiger partial charge < -0.3 is 4.84 Å². The fraction of sp³-hybridized carbons (Fsp3) is 0.462. The van der Waals surface area contributed by atoms with Gasteiger partial charge in [0.2, 0.25) is 0 Å². The summed E-state index contributed by atoms with van der Waals surface area (Å²) < 4.78 is 0. The van der Waals surface area contributed by atoms with Crippen molar-refractivity contribution in [1.82, 2.24) is 0 Å². The van der Waals surface area contributed by atoms with E-state index in [4.69, 9.17) is 4.84 Å². The van der Waals surface area contributed by atoms with Crippen molar-refractivity contribution in [2.45, 2.75) is 33.8 Å². The number of rotatable bonds is 5. The maximum absolute atomic E-state index is 5.27. The van der Waals surface area contributed by atoms with Gasteiger partial charge >= 0.3 is 0 Å². The molecule has 1 rings (SSSR count). The molecule has 0 aliphatic rings. The van der Waals surface area contributed by atoms with E-state index in [2.05, 4.69) is 19.0 Å². The molecule has 0 unspecified atom stereocenters. The first-order chi connectivity index (χ1) is 7.18. The summed E-state index contributed by atoms with van der Waals surface area (Å²) >= 11 is 0. The molecule has 2 nitrogen and oxygen atoms in total. The summed E-state index contributed by atoms with van der Waals surface area (Å²) in [6.45, 7) is 6.91. The van der Waals surface area contributed by atoms with E-state index in [0.717, 1.165) is 17.7 Å². The smallest absolute Gasteiger partial charge is 0.142 e. The number of hydrogen-bond donors (Lipinski definition) is 0. The predicted molar refractivity (Wildman–Crippen MR) is 63.8 cm³/mol. The van der Waals surface area contributed by atoms with E-state index < -0.39 is 0 Å². The van der Waals surface area contributed by atoms with Crippen LogP contribution in [0.3, 0.4) is 0 Å². The third kappa shape index (κ3) is 5.21. The molecule has 15 heavy (non-hydrogen) atoms. The minimum absolute atomic E-state index is 0.552. The lowest BCUT2D eigenvalue weighted by molar-refractivity contribution is 0.129. The van der Waals surface area contributed by atoms with Gasteiger partial charge in [-0.3, -0.25) is 0 Å². The highest BCUT2D eigenvalue weighted by Crippen LogP contribution is 2.04. The predicted octanol–water partition coefficient (Wildman–Crippen LogP) is 3.63. The van der Waals surface area contributed by atoms with Crippen LogP contribution >= 0.6 is 0 Å². The van der Waals surface area contributed by atoms with Gasteiger partial charge in [-0.2, -0.15) is 0 Å². The Morgan fingerprint density at radius 3 is 2.53 bits per heavy atom. The largest absolute Gasteiger partial charge is 0.391 e. The molecule has 0 aliphatic heterocycles. The summed E-state index contributed by atoms with van der Waals surface area (Å²) in [7, 11) is 0. The van der Waals surface area contributed by atoms with Gasteiger partial charge in [-0.1, -0.05) is 49.3 Å². The summed E-state index contributed by atoms with van der Waals surface area (Å²) in [5.41, 5.74) is 2.21. The van der Waals surface area contributed by atoms with E-state index in [1.807, 2.05) is 37.3 Å². The van der Waals surface area contributed by atoms with Crippen molar-refractivity contribution in [3.05, 3.63) is 35.9 Å². The third-order valence-electron chi connectivity index (χ3n) is 2.00. The van der Waals surface area contributed by atoms with Gasteiger partial charge in [0.25, 0.3) is 0 Å². The molecule has 0 saturated carbocycles. The molecule has 2 heteroatoms. The molecule has 0 N–H and O–H groups in total. The highest BCUT2D eigenvalue weighted by atomic mass is 16.6. The average Bonchev–Trinajstić information content (AvgIpc) is 2.18. The van der Waals surface area contributed by atoms with Gasteiger partial charge in [0, 0.05) is 0 Å². The molecule has 0 aliphatic carbocycles. The van der Waals surface area contributed by atoms with Crippen molar-refractivity contribution < 1.29 is 4.84 Å². The first-order valence-corrected chi connectivity index (χ1v) is 5.38. The fourth-order valence-electron chi connectivity index (χ4n) is 1.42.